The molecule has 4 rings (SSSR count). The summed E-state index contributed by atoms with van der Waals surface area (Å²) in [5.74, 6) is -1.23. The van der Waals surface area contributed by atoms with E-state index in [1.165, 1.54) is 10.6 Å². The first-order valence-corrected chi connectivity index (χ1v) is 9.30. The van der Waals surface area contributed by atoms with Gasteiger partial charge in [-0.05, 0) is 47.3 Å². The van der Waals surface area contributed by atoms with Gasteiger partial charge in [0, 0.05) is 36.6 Å². The van der Waals surface area contributed by atoms with Gasteiger partial charge in [-0.25, -0.2) is 8.78 Å². The zero-order valence-electron chi connectivity index (χ0n) is 15.5. The molecule has 2 aromatic carbocycles. The highest BCUT2D eigenvalue weighted by atomic mass is 35.5. The predicted molar refractivity (Wildman–Crippen MR) is 108 cm³/mol. The molecule has 0 aliphatic rings. The van der Waals surface area contributed by atoms with Crippen LogP contribution in [-0.4, -0.2) is 9.13 Å². The molecule has 7 heteroatoms. The molecule has 0 bridgehead atoms. The van der Waals surface area contributed by atoms with Crippen LogP contribution in [0.5, 0.6) is 5.75 Å². The zero-order valence-corrected chi connectivity index (χ0v) is 16.3. The Hall–Kier alpha value is -3.12. The fraction of sp³-hybridized carbons (Fsp3) is 0.136. The number of nitrogens with zero attached hydrogens (tertiary/aromatic N) is 2. The average molecular weight is 415 g/mol. The minimum atomic E-state index is -0.717. The van der Waals surface area contributed by atoms with Crippen molar-refractivity contribution in [3.8, 4) is 5.75 Å². The van der Waals surface area contributed by atoms with Gasteiger partial charge in [-0.3, -0.25) is 4.79 Å². The molecule has 0 saturated heterocycles. The summed E-state index contributed by atoms with van der Waals surface area (Å²) in [7, 11) is 1.98. The second-order valence-corrected chi connectivity index (χ2v) is 7.15. The summed E-state index contributed by atoms with van der Waals surface area (Å²) >= 11 is 6.18. The molecule has 2 aromatic heterocycles. The standard InChI is InChI=1S/C22H17ClF2N2O2/c1-26-8-6-15-10-14(2-5-19(15)26)12-27-9-7-20(21(23)22(27)28)29-13-16-3-4-17(24)11-18(16)25/h2-11H,12-13H2,1H3. The highest BCUT2D eigenvalue weighted by molar-refractivity contribution is 6.31. The van der Waals surface area contributed by atoms with Crippen LogP contribution in [0.25, 0.3) is 10.9 Å². The first-order valence-electron chi connectivity index (χ1n) is 8.92. The molecule has 148 valence electrons. The maximum atomic E-state index is 13.7. The van der Waals surface area contributed by atoms with Gasteiger partial charge in [0.05, 0.1) is 6.54 Å². The summed E-state index contributed by atoms with van der Waals surface area (Å²) < 4.78 is 35.7. The summed E-state index contributed by atoms with van der Waals surface area (Å²) in [6, 6.07) is 12.8. The molecule has 4 aromatic rings. The van der Waals surface area contributed by atoms with E-state index in [1.54, 1.807) is 12.3 Å². The number of aryl methyl sites for hydroxylation is 1. The summed E-state index contributed by atoms with van der Waals surface area (Å²) in [5.41, 5.74) is 1.83. The SMILES string of the molecule is Cn1ccc2cc(Cn3ccc(OCc4ccc(F)cc4F)c(Cl)c3=O)ccc21. The van der Waals surface area contributed by atoms with Gasteiger partial charge in [-0.15, -0.1) is 0 Å². The van der Waals surface area contributed by atoms with E-state index in [4.69, 9.17) is 16.3 Å². The van der Waals surface area contributed by atoms with Gasteiger partial charge in [0.1, 0.15) is 29.0 Å². The predicted octanol–water partition coefficient (Wildman–Crippen LogP) is 4.90. The van der Waals surface area contributed by atoms with E-state index in [0.29, 0.717) is 6.54 Å². The van der Waals surface area contributed by atoms with Gasteiger partial charge < -0.3 is 13.9 Å². The summed E-state index contributed by atoms with van der Waals surface area (Å²) in [6.45, 7) is 0.191. The summed E-state index contributed by atoms with van der Waals surface area (Å²) in [4.78, 5) is 12.6. The molecule has 0 unspecified atom stereocenters. The number of benzene rings is 2. The molecule has 2 heterocycles. The molecule has 4 nitrogen and oxygen atoms in total. The number of hydrogen-bond acceptors (Lipinski definition) is 2. The fourth-order valence-corrected chi connectivity index (χ4v) is 3.41. The summed E-state index contributed by atoms with van der Waals surface area (Å²) in [6.07, 6.45) is 3.56. The first kappa shape index (κ1) is 19.2. The molecule has 0 atom stereocenters. The largest absolute Gasteiger partial charge is 0.487 e. The zero-order chi connectivity index (χ0) is 20.5. The molecule has 0 amide bonds. The first-order chi connectivity index (χ1) is 13.9. The Balaban J connectivity index is 1.53. The molecule has 0 spiro atoms. The second kappa shape index (κ2) is 7.72. The number of fused-ring (bicyclic) bond motifs is 1. The molecular formula is C22H17ClF2N2O2. The molecule has 29 heavy (non-hydrogen) atoms. The van der Waals surface area contributed by atoms with Crippen LogP contribution in [0.15, 0.2) is 65.7 Å². The van der Waals surface area contributed by atoms with E-state index in [1.807, 2.05) is 42.1 Å². The lowest BCUT2D eigenvalue weighted by atomic mass is 10.1. The van der Waals surface area contributed by atoms with Gasteiger partial charge in [-0.2, -0.15) is 0 Å². The maximum Gasteiger partial charge on any atom is 0.273 e. The Bertz CT molecular complexity index is 1260. The third-order valence-electron chi connectivity index (χ3n) is 4.77. The van der Waals surface area contributed by atoms with Gasteiger partial charge in [0.25, 0.3) is 5.56 Å². The van der Waals surface area contributed by atoms with Crippen molar-refractivity contribution in [1.82, 2.24) is 9.13 Å². The van der Waals surface area contributed by atoms with Crippen LogP contribution in [0, 0.1) is 11.6 Å². The third kappa shape index (κ3) is 3.89. The maximum absolute atomic E-state index is 13.7. The van der Waals surface area contributed by atoms with Crippen LogP contribution in [0.1, 0.15) is 11.1 Å². The number of halogens is 3. The molecular weight excluding hydrogens is 398 g/mol. The van der Waals surface area contributed by atoms with Crippen molar-refractivity contribution < 1.29 is 13.5 Å². The Morgan fingerprint density at radius 3 is 2.66 bits per heavy atom. The van der Waals surface area contributed by atoms with Gasteiger partial charge in [0.2, 0.25) is 0 Å². The quantitative estimate of drug-likeness (QED) is 0.465. The van der Waals surface area contributed by atoms with Crippen LogP contribution >= 0.6 is 11.6 Å². The van der Waals surface area contributed by atoms with Crippen LogP contribution in [0.2, 0.25) is 5.02 Å². The highest BCUT2D eigenvalue weighted by Gasteiger charge is 2.12. The lowest BCUT2D eigenvalue weighted by Crippen LogP contribution is -2.21. The second-order valence-electron chi connectivity index (χ2n) is 6.77. The monoisotopic (exact) mass is 414 g/mol. The minimum Gasteiger partial charge on any atom is -0.487 e. The number of ether oxygens (including phenoxy) is 1. The molecule has 0 radical (unpaired) electrons. The third-order valence-corrected chi connectivity index (χ3v) is 5.12. The van der Waals surface area contributed by atoms with E-state index < -0.39 is 17.2 Å². The highest BCUT2D eigenvalue weighted by Crippen LogP contribution is 2.23. The van der Waals surface area contributed by atoms with Crippen molar-refractivity contribution in [2.75, 3.05) is 0 Å². The number of hydrogen-bond donors (Lipinski definition) is 0. The summed E-state index contributed by atoms with van der Waals surface area (Å²) in [5, 5.41) is 1.00. The molecule has 0 saturated carbocycles. The number of rotatable bonds is 5. The molecule has 0 N–H and O–H groups in total. The van der Waals surface area contributed by atoms with Crippen molar-refractivity contribution in [2.24, 2.45) is 7.05 Å². The normalized spacial score (nSPS) is 11.2. The van der Waals surface area contributed by atoms with E-state index in [0.717, 1.165) is 28.6 Å². The van der Waals surface area contributed by atoms with Gasteiger partial charge in [-0.1, -0.05) is 17.7 Å². The Labute approximate surface area is 170 Å². The van der Waals surface area contributed by atoms with Crippen LogP contribution in [0.3, 0.4) is 0 Å². The van der Waals surface area contributed by atoms with Gasteiger partial charge in [0.15, 0.2) is 0 Å². The topological polar surface area (TPSA) is 36.2 Å². The van der Waals surface area contributed by atoms with E-state index in [-0.39, 0.29) is 22.9 Å². The van der Waals surface area contributed by atoms with Crippen LogP contribution in [0.4, 0.5) is 8.78 Å². The van der Waals surface area contributed by atoms with Crippen molar-refractivity contribution >= 4 is 22.5 Å². The molecule has 0 aliphatic heterocycles. The van der Waals surface area contributed by atoms with E-state index >= 15 is 0 Å². The Kier molecular flexibility index (Phi) is 5.11. The van der Waals surface area contributed by atoms with E-state index in [2.05, 4.69) is 0 Å². The van der Waals surface area contributed by atoms with Crippen molar-refractivity contribution in [3.05, 3.63) is 99.1 Å². The smallest absolute Gasteiger partial charge is 0.273 e. The number of pyridine rings is 1. The van der Waals surface area contributed by atoms with Gasteiger partial charge >= 0.3 is 0 Å². The average Bonchev–Trinajstić information content (AvgIpc) is 3.06. The molecule has 0 aliphatic carbocycles. The Morgan fingerprint density at radius 1 is 1.03 bits per heavy atom. The van der Waals surface area contributed by atoms with Crippen molar-refractivity contribution in [3.63, 3.8) is 0 Å². The lowest BCUT2D eigenvalue weighted by molar-refractivity contribution is 0.298. The Morgan fingerprint density at radius 2 is 1.86 bits per heavy atom. The van der Waals surface area contributed by atoms with E-state index in [9.17, 15) is 13.6 Å². The number of aromatic nitrogens is 2. The molecule has 0 fully saturated rings. The van der Waals surface area contributed by atoms with Crippen molar-refractivity contribution in [1.29, 1.82) is 0 Å². The minimum absolute atomic E-state index is 0.0872. The van der Waals surface area contributed by atoms with Crippen LogP contribution < -0.4 is 10.3 Å². The fourth-order valence-electron chi connectivity index (χ4n) is 3.19. The van der Waals surface area contributed by atoms with Crippen LogP contribution in [-0.2, 0) is 20.2 Å². The lowest BCUT2D eigenvalue weighted by Gasteiger charge is -2.12. The van der Waals surface area contributed by atoms with Crippen molar-refractivity contribution in [2.45, 2.75) is 13.2 Å².